The highest BCUT2D eigenvalue weighted by Gasteiger charge is 2.17. The van der Waals surface area contributed by atoms with Crippen LogP contribution < -0.4 is 16.4 Å². The van der Waals surface area contributed by atoms with Crippen LogP contribution in [0, 0.1) is 0 Å². The van der Waals surface area contributed by atoms with Crippen LogP contribution in [-0.2, 0) is 11.2 Å². The van der Waals surface area contributed by atoms with E-state index in [4.69, 9.17) is 14.9 Å². The average molecular weight is 457 g/mol. The van der Waals surface area contributed by atoms with E-state index in [1.165, 1.54) is 0 Å². The molecule has 3 rings (SSSR count). The standard InChI is InChI=1S/C23H25F2N5O3/c1-23(2,3)33-22(31)28-18-10-8-17(9-11-18)27-13-16(26)12-14-4-6-15(7-5-14)20-29-30-21(32-20)19(24)25/h4-11,13,19,27H,12,26H2,1-3H3,(H,28,31)/b16-13-. The predicted octanol–water partition coefficient (Wildman–Crippen LogP) is 5.48. The molecule has 1 aromatic heterocycles. The molecule has 0 saturated carbocycles. The SMILES string of the molecule is CC(C)(C)OC(=O)Nc1ccc(N/C=C(\N)Cc2ccc(-c3nnc(C(F)F)o3)cc2)cc1. The molecular formula is C23H25F2N5O3. The van der Waals surface area contributed by atoms with Crippen LogP contribution in [0.2, 0.25) is 0 Å². The number of hydrogen-bond donors (Lipinski definition) is 3. The molecule has 4 N–H and O–H groups in total. The van der Waals surface area contributed by atoms with Crippen molar-refractivity contribution in [3.63, 3.8) is 0 Å². The van der Waals surface area contributed by atoms with Gasteiger partial charge in [-0.1, -0.05) is 12.1 Å². The van der Waals surface area contributed by atoms with Gasteiger partial charge in [0, 0.05) is 35.3 Å². The summed E-state index contributed by atoms with van der Waals surface area (Å²) in [5, 5.41) is 12.7. The van der Waals surface area contributed by atoms with Gasteiger partial charge < -0.3 is 20.2 Å². The number of hydrogen-bond acceptors (Lipinski definition) is 7. The van der Waals surface area contributed by atoms with Crippen LogP contribution in [0.3, 0.4) is 0 Å². The topological polar surface area (TPSA) is 115 Å². The quantitative estimate of drug-likeness (QED) is 0.430. The third-order valence-corrected chi connectivity index (χ3v) is 4.19. The number of ether oxygens (including phenoxy) is 1. The van der Waals surface area contributed by atoms with E-state index in [1.807, 2.05) is 0 Å². The van der Waals surface area contributed by atoms with Gasteiger partial charge >= 0.3 is 12.5 Å². The Bertz CT molecular complexity index is 1100. The van der Waals surface area contributed by atoms with E-state index in [-0.39, 0.29) is 5.89 Å². The second kappa shape index (κ2) is 10.1. The van der Waals surface area contributed by atoms with Gasteiger partial charge in [-0.15, -0.1) is 10.2 Å². The molecule has 0 bridgehead atoms. The van der Waals surface area contributed by atoms with E-state index < -0.39 is 24.0 Å². The summed E-state index contributed by atoms with van der Waals surface area (Å²) in [6.07, 6.45) is -1.18. The summed E-state index contributed by atoms with van der Waals surface area (Å²) in [4.78, 5) is 11.8. The normalized spacial score (nSPS) is 12.0. The fourth-order valence-corrected chi connectivity index (χ4v) is 2.74. The molecule has 174 valence electrons. The van der Waals surface area contributed by atoms with Gasteiger partial charge in [0.05, 0.1) is 0 Å². The zero-order chi connectivity index (χ0) is 24.0. The number of alkyl halides is 2. The summed E-state index contributed by atoms with van der Waals surface area (Å²) in [7, 11) is 0. The maximum absolute atomic E-state index is 12.6. The van der Waals surface area contributed by atoms with E-state index in [1.54, 1.807) is 75.5 Å². The largest absolute Gasteiger partial charge is 0.444 e. The number of benzene rings is 2. The predicted molar refractivity (Wildman–Crippen MR) is 121 cm³/mol. The van der Waals surface area contributed by atoms with Crippen LogP contribution in [0.4, 0.5) is 25.0 Å². The molecule has 2 aromatic carbocycles. The molecule has 0 fully saturated rings. The summed E-state index contributed by atoms with van der Waals surface area (Å²) in [5.41, 5.74) is 8.95. The van der Waals surface area contributed by atoms with E-state index >= 15 is 0 Å². The van der Waals surface area contributed by atoms with Gasteiger partial charge in [0.2, 0.25) is 5.89 Å². The van der Waals surface area contributed by atoms with Crippen molar-refractivity contribution in [2.24, 2.45) is 5.73 Å². The molecule has 0 aliphatic heterocycles. The second-order valence-electron chi connectivity index (χ2n) is 8.19. The van der Waals surface area contributed by atoms with Gasteiger partial charge in [-0.3, -0.25) is 5.32 Å². The van der Waals surface area contributed by atoms with Gasteiger partial charge in [-0.05, 0) is 62.7 Å². The number of nitrogens with zero attached hydrogens (tertiary/aromatic N) is 2. The third kappa shape index (κ3) is 7.30. The maximum atomic E-state index is 12.6. The molecule has 3 aromatic rings. The first-order valence-electron chi connectivity index (χ1n) is 10.1. The second-order valence-corrected chi connectivity index (χ2v) is 8.19. The van der Waals surface area contributed by atoms with Crippen molar-refractivity contribution < 1.29 is 22.7 Å². The molecule has 0 spiro atoms. The molecule has 33 heavy (non-hydrogen) atoms. The highest BCUT2D eigenvalue weighted by Crippen LogP contribution is 2.23. The van der Waals surface area contributed by atoms with Crippen molar-refractivity contribution in [3.8, 4) is 11.5 Å². The highest BCUT2D eigenvalue weighted by molar-refractivity contribution is 5.85. The van der Waals surface area contributed by atoms with Crippen LogP contribution in [0.1, 0.15) is 38.7 Å². The Labute approximate surface area is 189 Å². The molecule has 8 nitrogen and oxygen atoms in total. The molecule has 10 heteroatoms. The van der Waals surface area contributed by atoms with Gasteiger partial charge in [0.15, 0.2) is 0 Å². The van der Waals surface area contributed by atoms with Gasteiger partial charge in [0.1, 0.15) is 5.60 Å². The maximum Gasteiger partial charge on any atom is 0.412 e. The van der Waals surface area contributed by atoms with Gasteiger partial charge in [-0.25, -0.2) is 4.79 Å². The molecule has 0 aliphatic carbocycles. The van der Waals surface area contributed by atoms with Crippen LogP contribution in [0.5, 0.6) is 0 Å². The van der Waals surface area contributed by atoms with E-state index in [0.29, 0.717) is 23.4 Å². The Morgan fingerprint density at radius 2 is 1.73 bits per heavy atom. The van der Waals surface area contributed by atoms with E-state index in [9.17, 15) is 13.6 Å². The van der Waals surface area contributed by atoms with Crippen molar-refractivity contribution in [3.05, 3.63) is 71.9 Å². The van der Waals surface area contributed by atoms with Crippen molar-refractivity contribution in [1.82, 2.24) is 10.2 Å². The minimum absolute atomic E-state index is 0.0339. The van der Waals surface area contributed by atoms with Crippen LogP contribution in [0.25, 0.3) is 11.5 Å². The molecule has 0 aliphatic rings. The Morgan fingerprint density at radius 3 is 2.30 bits per heavy atom. The molecule has 0 atom stereocenters. The smallest absolute Gasteiger partial charge is 0.412 e. The molecule has 0 unspecified atom stereocenters. The summed E-state index contributed by atoms with van der Waals surface area (Å²) in [6.45, 7) is 5.39. The summed E-state index contributed by atoms with van der Waals surface area (Å²) in [6, 6.07) is 14.1. The minimum atomic E-state index is -2.81. The molecule has 0 radical (unpaired) electrons. The fourth-order valence-electron chi connectivity index (χ4n) is 2.74. The van der Waals surface area contributed by atoms with Crippen molar-refractivity contribution in [2.75, 3.05) is 10.6 Å². The number of carbonyl (C=O) groups is 1. The molecular weight excluding hydrogens is 432 g/mol. The average Bonchev–Trinajstić information content (AvgIpc) is 3.23. The molecule has 1 heterocycles. The lowest BCUT2D eigenvalue weighted by Gasteiger charge is -2.19. The lowest BCUT2D eigenvalue weighted by molar-refractivity contribution is 0.0636. The zero-order valence-corrected chi connectivity index (χ0v) is 18.4. The summed E-state index contributed by atoms with van der Waals surface area (Å²) >= 11 is 0. The number of anilines is 2. The summed E-state index contributed by atoms with van der Waals surface area (Å²) < 4.78 is 35.3. The van der Waals surface area contributed by atoms with Crippen LogP contribution in [-0.4, -0.2) is 21.9 Å². The molecule has 0 saturated heterocycles. The van der Waals surface area contributed by atoms with Crippen LogP contribution in [0.15, 0.2) is 64.8 Å². The van der Waals surface area contributed by atoms with Crippen LogP contribution >= 0.6 is 0 Å². The Morgan fingerprint density at radius 1 is 1.09 bits per heavy atom. The van der Waals surface area contributed by atoms with E-state index in [2.05, 4.69) is 20.8 Å². The third-order valence-electron chi connectivity index (χ3n) is 4.19. The van der Waals surface area contributed by atoms with Gasteiger partial charge in [0.25, 0.3) is 5.89 Å². The Hall–Kier alpha value is -3.95. The lowest BCUT2D eigenvalue weighted by atomic mass is 10.1. The highest BCUT2D eigenvalue weighted by atomic mass is 19.3. The number of allylic oxidation sites excluding steroid dienone is 1. The number of nitrogens with one attached hydrogen (secondary N) is 2. The van der Waals surface area contributed by atoms with E-state index in [0.717, 1.165) is 11.3 Å². The van der Waals surface area contributed by atoms with Crippen molar-refractivity contribution in [2.45, 2.75) is 39.2 Å². The minimum Gasteiger partial charge on any atom is -0.444 e. The fraction of sp³-hybridized carbons (Fsp3) is 0.261. The number of nitrogens with two attached hydrogens (primary N) is 1. The first-order chi connectivity index (χ1) is 15.6. The number of aromatic nitrogens is 2. The number of amides is 1. The number of halogens is 2. The first kappa shape index (κ1) is 23.7. The van der Waals surface area contributed by atoms with Gasteiger partial charge in [-0.2, -0.15) is 8.78 Å². The first-order valence-corrected chi connectivity index (χ1v) is 10.1. The monoisotopic (exact) mass is 457 g/mol. The van der Waals surface area contributed by atoms with Crippen molar-refractivity contribution in [1.29, 1.82) is 0 Å². The Balaban J connectivity index is 1.53. The number of rotatable bonds is 7. The van der Waals surface area contributed by atoms with Crippen molar-refractivity contribution >= 4 is 17.5 Å². The zero-order valence-electron chi connectivity index (χ0n) is 18.4. The summed E-state index contributed by atoms with van der Waals surface area (Å²) in [5.74, 6) is -0.674. The number of carbonyl (C=O) groups excluding carboxylic acids is 1. The molecule has 1 amide bonds. The lowest BCUT2D eigenvalue weighted by Crippen LogP contribution is -2.27. The Kier molecular flexibility index (Phi) is 7.27.